The molecular formula is C25H27F3N4O4. The topological polar surface area (TPSA) is 85.8 Å². The summed E-state index contributed by atoms with van der Waals surface area (Å²) in [6.45, 7) is 4.08. The van der Waals surface area contributed by atoms with Gasteiger partial charge in [-0.1, -0.05) is 12.1 Å². The molecule has 0 aliphatic carbocycles. The van der Waals surface area contributed by atoms with E-state index in [1.165, 1.54) is 13.2 Å². The highest BCUT2D eigenvalue weighted by Crippen LogP contribution is 2.36. The van der Waals surface area contributed by atoms with Crippen molar-refractivity contribution in [1.82, 2.24) is 14.9 Å². The Morgan fingerprint density at radius 2 is 2.00 bits per heavy atom. The molecule has 2 aromatic carbocycles. The van der Waals surface area contributed by atoms with Crippen LogP contribution >= 0.6 is 0 Å². The first-order valence-corrected chi connectivity index (χ1v) is 11.3. The summed E-state index contributed by atoms with van der Waals surface area (Å²) in [6.07, 6.45) is -4.73. The zero-order chi connectivity index (χ0) is 26.0. The quantitative estimate of drug-likeness (QED) is 0.511. The number of halogens is 3. The number of benzene rings is 2. The molecule has 36 heavy (non-hydrogen) atoms. The number of aromatic nitrogens is 2. The van der Waals surface area contributed by atoms with E-state index in [1.54, 1.807) is 44.0 Å². The second-order valence-corrected chi connectivity index (χ2v) is 8.65. The third kappa shape index (κ3) is 5.62. The van der Waals surface area contributed by atoms with Gasteiger partial charge in [0.25, 0.3) is 0 Å². The van der Waals surface area contributed by atoms with Crippen LogP contribution in [0.3, 0.4) is 0 Å². The number of ether oxygens (including phenoxy) is 3. The number of hydrogen-bond donors (Lipinski definition) is 1. The van der Waals surface area contributed by atoms with Gasteiger partial charge in [0.1, 0.15) is 31.0 Å². The summed E-state index contributed by atoms with van der Waals surface area (Å²) in [5.74, 6) is 1.73. The van der Waals surface area contributed by atoms with E-state index in [9.17, 15) is 18.0 Å². The summed E-state index contributed by atoms with van der Waals surface area (Å²) in [6, 6.07) is 8.15. The van der Waals surface area contributed by atoms with E-state index in [1.807, 2.05) is 0 Å². The van der Waals surface area contributed by atoms with Crippen molar-refractivity contribution >= 4 is 22.6 Å². The van der Waals surface area contributed by atoms with Crippen LogP contribution in [0.4, 0.5) is 19.0 Å². The molecule has 8 nitrogen and oxygen atoms in total. The van der Waals surface area contributed by atoms with E-state index in [2.05, 4.69) is 15.3 Å². The van der Waals surface area contributed by atoms with Crippen molar-refractivity contribution < 1.29 is 32.2 Å². The van der Waals surface area contributed by atoms with Gasteiger partial charge in [-0.05, 0) is 37.6 Å². The number of amides is 1. The minimum Gasteiger partial charge on any atom is -0.493 e. The molecule has 0 bridgehead atoms. The molecule has 1 aliphatic rings. The molecule has 192 valence electrons. The van der Waals surface area contributed by atoms with Gasteiger partial charge in [-0.3, -0.25) is 4.79 Å². The fourth-order valence-electron chi connectivity index (χ4n) is 3.95. The standard InChI is InChI=1S/C25H27F3N4O4/c1-14(16-6-5-7-17(8-16)25(26,27)28)29-24-19-9-22(21(34-4)10-20(19)30-15(2)31-24)36-12-18-11-32(3)23(33)13-35-18/h5-10,14,18H,11-13H2,1-4H3,(H,29,30,31)/t14-,18+/m1/s1. The Balaban J connectivity index is 1.62. The number of anilines is 1. The van der Waals surface area contributed by atoms with Crippen LogP contribution < -0.4 is 14.8 Å². The summed E-state index contributed by atoms with van der Waals surface area (Å²) in [5.41, 5.74) is 0.340. The smallest absolute Gasteiger partial charge is 0.416 e. The number of nitrogens with zero attached hydrogens (tertiary/aromatic N) is 3. The Hall–Kier alpha value is -3.60. The molecule has 1 fully saturated rings. The highest BCUT2D eigenvalue weighted by atomic mass is 19.4. The first kappa shape index (κ1) is 25.5. The SMILES string of the molecule is COc1cc2nc(C)nc(N[C@H](C)c3cccc(C(F)(F)F)c3)c2cc1OC[C@@H]1CN(C)C(=O)CO1. The molecule has 0 spiro atoms. The van der Waals surface area contributed by atoms with Crippen molar-refractivity contribution in [3.63, 3.8) is 0 Å². The Bertz CT molecular complexity index is 1270. The Kier molecular flexibility index (Phi) is 7.21. The molecule has 1 saturated heterocycles. The second-order valence-electron chi connectivity index (χ2n) is 8.65. The number of hydrogen-bond acceptors (Lipinski definition) is 7. The van der Waals surface area contributed by atoms with Crippen LogP contribution in [0.1, 0.15) is 29.9 Å². The van der Waals surface area contributed by atoms with E-state index >= 15 is 0 Å². The molecule has 3 aromatic rings. The second kappa shape index (κ2) is 10.2. The minimum absolute atomic E-state index is 0.00596. The number of methoxy groups -OCH3 is 1. The maximum atomic E-state index is 13.2. The molecule has 2 heterocycles. The van der Waals surface area contributed by atoms with Gasteiger partial charge in [0.05, 0.1) is 18.2 Å². The van der Waals surface area contributed by atoms with Gasteiger partial charge < -0.3 is 24.4 Å². The van der Waals surface area contributed by atoms with Crippen LogP contribution in [-0.2, 0) is 15.7 Å². The van der Waals surface area contributed by atoms with Gasteiger partial charge in [-0.25, -0.2) is 9.97 Å². The van der Waals surface area contributed by atoms with Gasteiger partial charge in [0.2, 0.25) is 5.91 Å². The van der Waals surface area contributed by atoms with E-state index in [0.29, 0.717) is 46.2 Å². The largest absolute Gasteiger partial charge is 0.493 e. The molecule has 0 saturated carbocycles. The van der Waals surface area contributed by atoms with Gasteiger partial charge in [-0.2, -0.15) is 13.2 Å². The molecule has 0 unspecified atom stereocenters. The molecule has 0 radical (unpaired) electrons. The minimum atomic E-state index is -4.43. The Morgan fingerprint density at radius 3 is 2.69 bits per heavy atom. The van der Waals surface area contributed by atoms with Crippen molar-refractivity contribution in [3.8, 4) is 11.5 Å². The number of morpholine rings is 1. The maximum Gasteiger partial charge on any atom is 0.416 e. The molecule has 1 aliphatic heterocycles. The molecule has 4 rings (SSSR count). The third-order valence-electron chi connectivity index (χ3n) is 5.93. The summed E-state index contributed by atoms with van der Waals surface area (Å²) < 4.78 is 56.6. The number of carbonyl (C=O) groups excluding carboxylic acids is 1. The van der Waals surface area contributed by atoms with Crippen molar-refractivity contribution in [2.45, 2.75) is 32.2 Å². The number of rotatable bonds is 7. The lowest BCUT2D eigenvalue weighted by Gasteiger charge is -2.29. The molecular weight excluding hydrogens is 477 g/mol. The van der Waals surface area contributed by atoms with Gasteiger partial charge in [0, 0.05) is 31.1 Å². The zero-order valence-corrected chi connectivity index (χ0v) is 20.3. The fourth-order valence-corrected chi connectivity index (χ4v) is 3.95. The van der Waals surface area contributed by atoms with Crippen LogP contribution in [0.5, 0.6) is 11.5 Å². The average molecular weight is 505 g/mol. The molecule has 11 heteroatoms. The van der Waals surface area contributed by atoms with E-state index in [4.69, 9.17) is 14.2 Å². The number of aryl methyl sites for hydroxylation is 1. The fraction of sp³-hybridized carbons (Fsp3) is 0.400. The van der Waals surface area contributed by atoms with Crippen molar-refractivity contribution in [2.75, 3.05) is 39.2 Å². The predicted molar refractivity (Wildman–Crippen MR) is 127 cm³/mol. The number of likely N-dealkylation sites (N-methyl/N-ethyl adjacent to an activating group) is 1. The van der Waals surface area contributed by atoms with Crippen LogP contribution in [0.2, 0.25) is 0 Å². The normalized spacial score (nSPS) is 17.2. The highest BCUT2D eigenvalue weighted by molar-refractivity contribution is 5.92. The number of nitrogens with one attached hydrogen (secondary N) is 1. The van der Waals surface area contributed by atoms with Crippen molar-refractivity contribution in [3.05, 3.63) is 53.3 Å². The molecule has 1 aromatic heterocycles. The monoisotopic (exact) mass is 504 g/mol. The maximum absolute atomic E-state index is 13.2. The van der Waals surface area contributed by atoms with Gasteiger partial charge >= 0.3 is 6.18 Å². The lowest BCUT2D eigenvalue weighted by molar-refractivity contribution is -0.148. The van der Waals surface area contributed by atoms with Crippen LogP contribution in [0.25, 0.3) is 10.9 Å². The number of carbonyl (C=O) groups is 1. The number of fused-ring (bicyclic) bond motifs is 1. The van der Waals surface area contributed by atoms with Crippen LogP contribution in [-0.4, -0.2) is 60.8 Å². The zero-order valence-electron chi connectivity index (χ0n) is 20.3. The first-order chi connectivity index (χ1) is 17.0. The highest BCUT2D eigenvalue weighted by Gasteiger charge is 2.31. The molecule has 1 amide bonds. The van der Waals surface area contributed by atoms with Crippen molar-refractivity contribution in [1.29, 1.82) is 0 Å². The average Bonchev–Trinajstić information content (AvgIpc) is 2.83. The summed E-state index contributed by atoms with van der Waals surface area (Å²) in [4.78, 5) is 22.2. The summed E-state index contributed by atoms with van der Waals surface area (Å²) in [7, 11) is 3.22. The first-order valence-electron chi connectivity index (χ1n) is 11.3. The van der Waals surface area contributed by atoms with Crippen LogP contribution in [0, 0.1) is 6.92 Å². The lowest BCUT2D eigenvalue weighted by atomic mass is 10.0. The number of alkyl halides is 3. The van der Waals surface area contributed by atoms with Gasteiger partial charge in [-0.15, -0.1) is 0 Å². The van der Waals surface area contributed by atoms with E-state index in [0.717, 1.165) is 12.1 Å². The molecule has 1 N–H and O–H groups in total. The third-order valence-corrected chi connectivity index (χ3v) is 5.93. The van der Waals surface area contributed by atoms with E-state index in [-0.39, 0.29) is 25.2 Å². The lowest BCUT2D eigenvalue weighted by Crippen LogP contribution is -2.46. The van der Waals surface area contributed by atoms with E-state index < -0.39 is 17.8 Å². The van der Waals surface area contributed by atoms with Gasteiger partial charge in [0.15, 0.2) is 11.5 Å². The van der Waals surface area contributed by atoms with Crippen LogP contribution in [0.15, 0.2) is 36.4 Å². The van der Waals surface area contributed by atoms with Crippen molar-refractivity contribution in [2.24, 2.45) is 0 Å². The predicted octanol–water partition coefficient (Wildman–Crippen LogP) is 4.37. The summed E-state index contributed by atoms with van der Waals surface area (Å²) in [5, 5.41) is 3.84. The molecule has 2 atom stereocenters. The Morgan fingerprint density at radius 1 is 1.22 bits per heavy atom. The summed E-state index contributed by atoms with van der Waals surface area (Å²) >= 11 is 0. The Labute approximate surface area is 206 Å².